The quantitative estimate of drug-likeness (QED) is 0.841. The second-order valence-electron chi connectivity index (χ2n) is 5.29. The highest BCUT2D eigenvalue weighted by atomic mass is 15.0. The molecule has 3 rings (SSSR count). The Bertz CT molecular complexity index is 385. The molecule has 0 aromatic carbocycles. The van der Waals surface area contributed by atoms with Gasteiger partial charge in [-0.1, -0.05) is 24.6 Å². The van der Waals surface area contributed by atoms with E-state index in [1.54, 1.807) is 0 Å². The summed E-state index contributed by atoms with van der Waals surface area (Å²) in [5.41, 5.74) is 1.21. The molecule has 2 fully saturated rings. The van der Waals surface area contributed by atoms with Crippen molar-refractivity contribution in [3.05, 3.63) is 36.2 Å². The summed E-state index contributed by atoms with van der Waals surface area (Å²) in [5.74, 6) is 0.711. The van der Waals surface area contributed by atoms with Crippen LogP contribution in [0.4, 0.5) is 0 Å². The summed E-state index contributed by atoms with van der Waals surface area (Å²) < 4.78 is 0. The van der Waals surface area contributed by atoms with Gasteiger partial charge in [-0.2, -0.15) is 0 Å². The first-order valence-electron chi connectivity index (χ1n) is 6.76. The average molecular weight is 228 g/mol. The zero-order valence-electron chi connectivity index (χ0n) is 10.2. The van der Waals surface area contributed by atoms with Gasteiger partial charge in [0.2, 0.25) is 0 Å². The molecule has 0 amide bonds. The Morgan fingerprint density at radius 2 is 2.24 bits per heavy atom. The third-order valence-electron chi connectivity index (χ3n) is 4.10. The maximum Gasteiger partial charge on any atom is 0.0340 e. The number of nitrogens with one attached hydrogen (secondary N) is 1. The van der Waals surface area contributed by atoms with Crippen LogP contribution in [0.2, 0.25) is 0 Å². The van der Waals surface area contributed by atoms with Gasteiger partial charge in [-0.3, -0.25) is 4.98 Å². The predicted molar refractivity (Wildman–Crippen MR) is 70.6 cm³/mol. The molecular formula is C15H20N2. The smallest absolute Gasteiger partial charge is 0.0340 e. The zero-order valence-corrected chi connectivity index (χ0v) is 10.2. The molecule has 2 aliphatic heterocycles. The Kier molecular flexibility index (Phi) is 3.23. The van der Waals surface area contributed by atoms with Crippen LogP contribution in [0, 0.1) is 5.92 Å². The van der Waals surface area contributed by atoms with Crippen molar-refractivity contribution in [2.45, 2.75) is 44.2 Å². The molecule has 1 aromatic rings. The van der Waals surface area contributed by atoms with Crippen LogP contribution in [0.1, 0.15) is 37.7 Å². The predicted octanol–water partition coefficient (Wildman–Crippen LogP) is 3.02. The maximum atomic E-state index is 4.15. The van der Waals surface area contributed by atoms with E-state index in [4.69, 9.17) is 0 Å². The largest absolute Gasteiger partial charge is 0.311 e. The van der Waals surface area contributed by atoms with Gasteiger partial charge in [-0.15, -0.1) is 0 Å². The third-order valence-corrected chi connectivity index (χ3v) is 4.10. The van der Waals surface area contributed by atoms with Gasteiger partial charge in [0.15, 0.2) is 0 Å². The molecule has 0 aliphatic carbocycles. The number of fused-ring (bicyclic) bond motifs is 2. The molecule has 2 bridgehead atoms. The van der Waals surface area contributed by atoms with E-state index >= 15 is 0 Å². The Hall–Kier alpha value is -1.15. The standard InChI is InChI=1S/C15H20N2/c1-4-13(15-9-8-14(5-1)17-15)7-6-12-3-2-10-16-11-12/h2-3,6-7,10-11,13-15,17H,1,4-5,8-9H2/b7-6-. The maximum absolute atomic E-state index is 4.15. The van der Waals surface area contributed by atoms with E-state index in [1.807, 2.05) is 18.5 Å². The molecule has 3 heterocycles. The zero-order chi connectivity index (χ0) is 11.5. The molecule has 1 aromatic heterocycles. The Labute approximate surface area is 103 Å². The van der Waals surface area contributed by atoms with Gasteiger partial charge in [0.25, 0.3) is 0 Å². The summed E-state index contributed by atoms with van der Waals surface area (Å²) in [4.78, 5) is 4.15. The van der Waals surface area contributed by atoms with Gasteiger partial charge >= 0.3 is 0 Å². The summed E-state index contributed by atoms with van der Waals surface area (Å²) in [6.07, 6.45) is 15.2. The summed E-state index contributed by atoms with van der Waals surface area (Å²) in [5, 5.41) is 3.77. The summed E-state index contributed by atoms with van der Waals surface area (Å²) in [7, 11) is 0. The number of aromatic nitrogens is 1. The van der Waals surface area contributed by atoms with E-state index in [0.717, 1.165) is 12.1 Å². The molecule has 90 valence electrons. The first kappa shape index (κ1) is 11.0. The van der Waals surface area contributed by atoms with Crippen LogP contribution in [0.15, 0.2) is 30.6 Å². The second-order valence-corrected chi connectivity index (χ2v) is 5.29. The van der Waals surface area contributed by atoms with Crippen molar-refractivity contribution >= 4 is 6.08 Å². The fourth-order valence-electron chi connectivity index (χ4n) is 3.16. The van der Waals surface area contributed by atoms with E-state index < -0.39 is 0 Å². The van der Waals surface area contributed by atoms with Gasteiger partial charge in [0.05, 0.1) is 0 Å². The minimum absolute atomic E-state index is 0.711. The highest BCUT2D eigenvalue weighted by Gasteiger charge is 2.31. The Balaban J connectivity index is 1.69. The van der Waals surface area contributed by atoms with Crippen LogP contribution >= 0.6 is 0 Å². The molecule has 0 spiro atoms. The van der Waals surface area contributed by atoms with Gasteiger partial charge in [-0.05, 0) is 43.2 Å². The van der Waals surface area contributed by atoms with E-state index in [1.165, 1.54) is 37.7 Å². The van der Waals surface area contributed by atoms with Crippen LogP contribution in [-0.4, -0.2) is 17.1 Å². The monoisotopic (exact) mass is 228 g/mol. The van der Waals surface area contributed by atoms with E-state index in [-0.39, 0.29) is 0 Å². The molecule has 0 radical (unpaired) electrons. The highest BCUT2D eigenvalue weighted by Crippen LogP contribution is 2.30. The lowest BCUT2D eigenvalue weighted by Crippen LogP contribution is -2.31. The number of pyridine rings is 1. The van der Waals surface area contributed by atoms with Crippen LogP contribution in [0.5, 0.6) is 0 Å². The van der Waals surface area contributed by atoms with Gasteiger partial charge < -0.3 is 5.32 Å². The lowest BCUT2D eigenvalue weighted by Gasteiger charge is -2.18. The topological polar surface area (TPSA) is 24.9 Å². The molecule has 17 heavy (non-hydrogen) atoms. The van der Waals surface area contributed by atoms with E-state index in [9.17, 15) is 0 Å². The van der Waals surface area contributed by atoms with Crippen LogP contribution < -0.4 is 5.32 Å². The molecule has 0 saturated carbocycles. The summed E-state index contributed by atoms with van der Waals surface area (Å²) in [6.45, 7) is 0. The van der Waals surface area contributed by atoms with Crippen LogP contribution in [0.3, 0.4) is 0 Å². The van der Waals surface area contributed by atoms with Crippen LogP contribution in [0.25, 0.3) is 6.08 Å². The molecule has 2 saturated heterocycles. The SMILES string of the molecule is C(=C/C1CCCC2CCC1N2)/c1cccnc1. The number of hydrogen-bond donors (Lipinski definition) is 1. The lowest BCUT2D eigenvalue weighted by atomic mass is 9.90. The molecule has 2 aliphatic rings. The number of rotatable bonds is 2. The molecule has 3 unspecified atom stereocenters. The fraction of sp³-hybridized carbons (Fsp3) is 0.533. The first-order chi connectivity index (χ1) is 8.42. The van der Waals surface area contributed by atoms with Gasteiger partial charge in [-0.25, -0.2) is 0 Å². The van der Waals surface area contributed by atoms with Crippen molar-refractivity contribution in [1.82, 2.24) is 10.3 Å². The molecule has 2 heteroatoms. The normalized spacial score (nSPS) is 32.8. The molecule has 1 N–H and O–H groups in total. The van der Waals surface area contributed by atoms with Crippen molar-refractivity contribution in [3.63, 3.8) is 0 Å². The van der Waals surface area contributed by atoms with Crippen molar-refractivity contribution < 1.29 is 0 Å². The lowest BCUT2D eigenvalue weighted by molar-refractivity contribution is 0.448. The number of nitrogens with zero attached hydrogens (tertiary/aromatic N) is 1. The second kappa shape index (κ2) is 5.01. The van der Waals surface area contributed by atoms with Gasteiger partial charge in [0, 0.05) is 24.5 Å². The summed E-state index contributed by atoms with van der Waals surface area (Å²) in [6, 6.07) is 5.63. The van der Waals surface area contributed by atoms with Crippen molar-refractivity contribution in [3.8, 4) is 0 Å². The minimum atomic E-state index is 0.711. The Morgan fingerprint density at radius 1 is 1.24 bits per heavy atom. The molecular weight excluding hydrogens is 208 g/mol. The Morgan fingerprint density at radius 3 is 3.12 bits per heavy atom. The number of hydrogen-bond acceptors (Lipinski definition) is 2. The minimum Gasteiger partial charge on any atom is -0.311 e. The highest BCUT2D eigenvalue weighted by molar-refractivity contribution is 5.47. The van der Waals surface area contributed by atoms with Crippen molar-refractivity contribution in [2.24, 2.45) is 5.92 Å². The average Bonchev–Trinajstić information content (AvgIpc) is 2.72. The van der Waals surface area contributed by atoms with Crippen molar-refractivity contribution in [2.75, 3.05) is 0 Å². The summed E-state index contributed by atoms with van der Waals surface area (Å²) >= 11 is 0. The first-order valence-corrected chi connectivity index (χ1v) is 6.76. The van der Waals surface area contributed by atoms with Gasteiger partial charge in [0.1, 0.15) is 0 Å². The van der Waals surface area contributed by atoms with E-state index in [0.29, 0.717) is 5.92 Å². The van der Waals surface area contributed by atoms with E-state index in [2.05, 4.69) is 28.5 Å². The molecule has 3 atom stereocenters. The van der Waals surface area contributed by atoms with Crippen LogP contribution in [-0.2, 0) is 0 Å². The fourth-order valence-corrected chi connectivity index (χ4v) is 3.16. The van der Waals surface area contributed by atoms with Crippen molar-refractivity contribution in [1.29, 1.82) is 0 Å². The molecule has 2 nitrogen and oxygen atoms in total. The third kappa shape index (κ3) is 2.58.